The number of aromatic carboxylic acids is 1. The Labute approximate surface area is 120 Å². The monoisotopic (exact) mass is 289 g/mol. The summed E-state index contributed by atoms with van der Waals surface area (Å²) < 4.78 is 0. The Kier molecular flexibility index (Phi) is 3.38. The number of halogens is 1. The van der Waals surface area contributed by atoms with E-state index in [9.17, 15) is 9.90 Å². The van der Waals surface area contributed by atoms with Crippen LogP contribution in [0, 0.1) is 0 Å². The number of carboxylic acid groups (broad SMARTS) is 1. The molecule has 102 valence electrons. The molecule has 0 spiro atoms. The maximum absolute atomic E-state index is 11.4. The molecule has 2 N–H and O–H groups in total. The number of rotatable bonds is 2. The van der Waals surface area contributed by atoms with Gasteiger partial charge >= 0.3 is 5.97 Å². The van der Waals surface area contributed by atoms with Crippen molar-refractivity contribution in [2.24, 2.45) is 0 Å². The second kappa shape index (κ2) is 5.19. The fourth-order valence-corrected chi connectivity index (χ4v) is 2.37. The number of carboxylic acids is 1. The summed E-state index contributed by atoms with van der Waals surface area (Å²) >= 11 is 5.85. The third kappa shape index (κ3) is 2.37. The van der Waals surface area contributed by atoms with Crippen molar-refractivity contribution in [3.63, 3.8) is 0 Å². The summed E-state index contributed by atoms with van der Waals surface area (Å²) in [5.41, 5.74) is 2.33. The van der Waals surface area contributed by atoms with E-state index in [2.05, 4.69) is 15.3 Å². The highest BCUT2D eigenvalue weighted by atomic mass is 35.5. The lowest BCUT2D eigenvalue weighted by Crippen LogP contribution is -2.28. The van der Waals surface area contributed by atoms with Gasteiger partial charge in [-0.15, -0.1) is 0 Å². The van der Waals surface area contributed by atoms with Crippen molar-refractivity contribution in [2.75, 3.05) is 6.54 Å². The van der Waals surface area contributed by atoms with Crippen molar-refractivity contribution in [3.05, 3.63) is 46.2 Å². The summed E-state index contributed by atoms with van der Waals surface area (Å²) in [6.07, 6.45) is 0.707. The van der Waals surface area contributed by atoms with Crippen molar-refractivity contribution in [2.45, 2.75) is 13.0 Å². The summed E-state index contributed by atoms with van der Waals surface area (Å²) in [7, 11) is 0. The third-order valence-electron chi connectivity index (χ3n) is 3.24. The van der Waals surface area contributed by atoms with E-state index in [1.54, 1.807) is 24.3 Å². The van der Waals surface area contributed by atoms with Crippen LogP contribution in [0.1, 0.15) is 21.7 Å². The van der Waals surface area contributed by atoms with Crippen LogP contribution in [-0.2, 0) is 13.0 Å². The van der Waals surface area contributed by atoms with Gasteiger partial charge in [0.15, 0.2) is 11.5 Å². The molecule has 0 aliphatic carbocycles. The molecule has 0 unspecified atom stereocenters. The summed E-state index contributed by atoms with van der Waals surface area (Å²) in [5, 5.41) is 13.1. The van der Waals surface area contributed by atoms with Gasteiger partial charge in [-0.05, 0) is 24.3 Å². The molecule has 0 atom stereocenters. The van der Waals surface area contributed by atoms with Gasteiger partial charge in [-0.25, -0.2) is 14.8 Å². The standard InChI is InChI=1S/C14H12ClN3O2/c15-9-3-1-8(2-4-9)13-17-11-5-6-16-7-10(11)12(18-13)14(19)20/h1-4,16H,5-7H2,(H,19,20). The average Bonchev–Trinajstić information content (AvgIpc) is 2.46. The molecule has 6 heteroatoms. The Morgan fingerprint density at radius 3 is 2.70 bits per heavy atom. The smallest absolute Gasteiger partial charge is 0.354 e. The number of hydrogen-bond donors (Lipinski definition) is 2. The minimum Gasteiger partial charge on any atom is -0.476 e. The van der Waals surface area contributed by atoms with E-state index in [0.29, 0.717) is 29.4 Å². The first-order valence-electron chi connectivity index (χ1n) is 6.25. The molecule has 0 amide bonds. The van der Waals surface area contributed by atoms with Crippen LogP contribution in [0.5, 0.6) is 0 Å². The van der Waals surface area contributed by atoms with Crippen molar-refractivity contribution in [3.8, 4) is 11.4 Å². The molecule has 1 aromatic carbocycles. The fourth-order valence-electron chi connectivity index (χ4n) is 2.25. The largest absolute Gasteiger partial charge is 0.476 e. The highest BCUT2D eigenvalue weighted by Gasteiger charge is 2.21. The number of carbonyl (C=O) groups is 1. The molecule has 0 saturated carbocycles. The number of benzene rings is 1. The zero-order valence-electron chi connectivity index (χ0n) is 10.6. The molecule has 0 radical (unpaired) electrons. The molecule has 2 aromatic rings. The predicted molar refractivity (Wildman–Crippen MR) is 74.8 cm³/mol. The number of fused-ring (bicyclic) bond motifs is 1. The van der Waals surface area contributed by atoms with E-state index >= 15 is 0 Å². The third-order valence-corrected chi connectivity index (χ3v) is 3.49. The van der Waals surface area contributed by atoms with Crippen LogP contribution in [0.3, 0.4) is 0 Å². The molecule has 0 fully saturated rings. The molecule has 2 heterocycles. The highest BCUT2D eigenvalue weighted by Crippen LogP contribution is 2.23. The van der Waals surface area contributed by atoms with Crippen molar-refractivity contribution >= 4 is 17.6 Å². The predicted octanol–water partition coefficient (Wildman–Crippen LogP) is 2.14. The number of nitrogens with zero attached hydrogens (tertiary/aromatic N) is 2. The Hall–Kier alpha value is -1.98. The molecular formula is C14H12ClN3O2. The second-order valence-electron chi connectivity index (χ2n) is 4.56. The summed E-state index contributed by atoms with van der Waals surface area (Å²) in [6, 6.07) is 7.05. The minimum absolute atomic E-state index is 0.0761. The van der Waals surface area contributed by atoms with Crippen LogP contribution < -0.4 is 5.32 Å². The van der Waals surface area contributed by atoms with E-state index in [1.807, 2.05) is 0 Å². The van der Waals surface area contributed by atoms with Gasteiger partial charge in [0.2, 0.25) is 0 Å². The Balaban J connectivity index is 2.14. The molecule has 5 nitrogen and oxygen atoms in total. The SMILES string of the molecule is O=C(O)c1nc(-c2ccc(Cl)cc2)nc2c1CNCC2. The van der Waals surface area contributed by atoms with Gasteiger partial charge in [-0.1, -0.05) is 11.6 Å². The first kappa shape index (κ1) is 13.0. The van der Waals surface area contributed by atoms with Crippen LogP contribution >= 0.6 is 11.6 Å². The van der Waals surface area contributed by atoms with Crippen molar-refractivity contribution in [1.82, 2.24) is 15.3 Å². The topological polar surface area (TPSA) is 75.1 Å². The highest BCUT2D eigenvalue weighted by molar-refractivity contribution is 6.30. The lowest BCUT2D eigenvalue weighted by atomic mass is 10.0. The second-order valence-corrected chi connectivity index (χ2v) is 5.00. The van der Waals surface area contributed by atoms with E-state index < -0.39 is 5.97 Å². The first-order chi connectivity index (χ1) is 9.65. The van der Waals surface area contributed by atoms with Gasteiger partial charge in [0.1, 0.15) is 0 Å². The maximum atomic E-state index is 11.4. The van der Waals surface area contributed by atoms with Gasteiger partial charge in [-0.2, -0.15) is 0 Å². The van der Waals surface area contributed by atoms with E-state index in [1.165, 1.54) is 0 Å². The maximum Gasteiger partial charge on any atom is 0.354 e. The quantitative estimate of drug-likeness (QED) is 0.886. The molecule has 1 aromatic heterocycles. The van der Waals surface area contributed by atoms with E-state index in [-0.39, 0.29) is 5.69 Å². The number of aromatic nitrogens is 2. The zero-order valence-corrected chi connectivity index (χ0v) is 11.3. The lowest BCUT2D eigenvalue weighted by molar-refractivity contribution is 0.0688. The zero-order chi connectivity index (χ0) is 14.1. The molecule has 20 heavy (non-hydrogen) atoms. The Morgan fingerprint density at radius 1 is 1.25 bits per heavy atom. The Morgan fingerprint density at radius 2 is 2.00 bits per heavy atom. The van der Waals surface area contributed by atoms with Gasteiger partial charge in [0.25, 0.3) is 0 Å². The number of nitrogens with one attached hydrogen (secondary N) is 1. The van der Waals surface area contributed by atoms with Gasteiger partial charge in [0.05, 0.1) is 5.69 Å². The van der Waals surface area contributed by atoms with E-state index in [0.717, 1.165) is 17.8 Å². The number of hydrogen-bond acceptors (Lipinski definition) is 4. The molecule has 1 aliphatic rings. The normalized spacial score (nSPS) is 13.8. The van der Waals surface area contributed by atoms with Crippen LogP contribution in [0.15, 0.2) is 24.3 Å². The lowest BCUT2D eigenvalue weighted by Gasteiger charge is -2.18. The minimum atomic E-state index is -1.03. The van der Waals surface area contributed by atoms with Gasteiger partial charge < -0.3 is 10.4 Å². The summed E-state index contributed by atoms with van der Waals surface area (Å²) in [4.78, 5) is 20.1. The molecule has 1 aliphatic heterocycles. The molecule has 0 bridgehead atoms. The Bertz CT molecular complexity index is 671. The molecule has 3 rings (SSSR count). The summed E-state index contributed by atoms with van der Waals surface area (Å²) in [6.45, 7) is 1.29. The summed E-state index contributed by atoms with van der Waals surface area (Å²) in [5.74, 6) is -0.595. The van der Waals surface area contributed by atoms with Crippen molar-refractivity contribution < 1.29 is 9.90 Å². The van der Waals surface area contributed by atoms with Crippen LogP contribution in [-0.4, -0.2) is 27.6 Å². The molecular weight excluding hydrogens is 278 g/mol. The molecule has 0 saturated heterocycles. The van der Waals surface area contributed by atoms with Crippen LogP contribution in [0.2, 0.25) is 5.02 Å². The fraction of sp³-hybridized carbons (Fsp3) is 0.214. The van der Waals surface area contributed by atoms with Gasteiger partial charge in [-0.3, -0.25) is 0 Å². The van der Waals surface area contributed by atoms with Crippen molar-refractivity contribution in [1.29, 1.82) is 0 Å². The van der Waals surface area contributed by atoms with Crippen LogP contribution in [0.4, 0.5) is 0 Å². The first-order valence-corrected chi connectivity index (χ1v) is 6.62. The van der Waals surface area contributed by atoms with E-state index in [4.69, 9.17) is 11.6 Å². The van der Waals surface area contributed by atoms with Gasteiger partial charge in [0, 0.05) is 35.7 Å². The van der Waals surface area contributed by atoms with Crippen LogP contribution in [0.25, 0.3) is 11.4 Å². The average molecular weight is 290 g/mol.